The van der Waals surface area contributed by atoms with Crippen LogP contribution in [0.5, 0.6) is 0 Å². The summed E-state index contributed by atoms with van der Waals surface area (Å²) in [4.78, 5) is 0. The van der Waals surface area contributed by atoms with Gasteiger partial charge in [-0.25, -0.2) is 0 Å². The molecule has 0 spiro atoms. The third kappa shape index (κ3) is 2.74. The topological polar surface area (TPSA) is 12.0 Å². The van der Waals surface area contributed by atoms with E-state index in [0.717, 1.165) is 5.82 Å². The number of hydrogen-bond acceptors (Lipinski definition) is 1. The highest BCUT2D eigenvalue weighted by Gasteiger charge is 2.08. The molecule has 0 aromatic carbocycles. The first-order chi connectivity index (χ1) is 4.93. The molecule has 1 fully saturated rings. The average Bonchev–Trinajstić information content (AvgIpc) is 1.87. The van der Waals surface area contributed by atoms with Crippen molar-refractivity contribution in [2.45, 2.75) is 38.3 Å². The van der Waals surface area contributed by atoms with Crippen LogP contribution in [0.4, 0.5) is 0 Å². The van der Waals surface area contributed by atoms with Gasteiger partial charge in [-0.05, 0) is 25.9 Å². The van der Waals surface area contributed by atoms with Crippen molar-refractivity contribution < 1.29 is 0 Å². The van der Waals surface area contributed by atoms with Gasteiger partial charge in [-0.2, -0.15) is 0 Å². The minimum absolute atomic E-state index is 0.905. The second-order valence-electron chi connectivity index (χ2n) is 3.13. The fourth-order valence-electron chi connectivity index (χ4n) is 1.58. The van der Waals surface area contributed by atoms with Crippen LogP contribution in [0.1, 0.15) is 25.7 Å². The molecule has 1 aliphatic rings. The molecule has 1 heterocycles. The minimum Gasteiger partial charge on any atom is -0.317 e. The first-order valence-corrected chi connectivity index (χ1v) is 4.43. The summed E-state index contributed by atoms with van der Waals surface area (Å²) in [5.41, 5.74) is 0. The largest absolute Gasteiger partial charge is 0.317 e. The van der Waals surface area contributed by atoms with Gasteiger partial charge in [0.2, 0.25) is 0 Å². The van der Waals surface area contributed by atoms with E-state index in [1.165, 1.54) is 38.8 Å². The van der Waals surface area contributed by atoms with Crippen LogP contribution < -0.4 is 5.32 Å². The third-order valence-electron chi connectivity index (χ3n) is 2.33. The van der Waals surface area contributed by atoms with Crippen LogP contribution in [0.3, 0.4) is 0 Å². The van der Waals surface area contributed by atoms with E-state index in [4.69, 9.17) is 0 Å². The molecule has 0 bridgehead atoms. The van der Waals surface area contributed by atoms with Crippen LogP contribution >= 0.6 is 0 Å². The molecule has 0 aliphatic carbocycles. The number of nitrogens with one attached hydrogen (secondary N) is 1. The van der Waals surface area contributed by atoms with Crippen molar-refractivity contribution in [3.05, 3.63) is 0 Å². The zero-order chi connectivity index (χ0) is 7.23. The Morgan fingerprint density at radius 2 is 1.80 bits per heavy atom. The summed E-state index contributed by atoms with van der Waals surface area (Å²) in [6.07, 6.45) is 5.50. The highest BCUT2D eigenvalue weighted by Crippen LogP contribution is 2.19. The summed E-state index contributed by atoms with van der Waals surface area (Å²) in [5, 5.41) is 3.42. The van der Waals surface area contributed by atoms with Crippen molar-refractivity contribution in [1.82, 2.24) is 5.32 Å². The predicted molar refractivity (Wildman–Crippen MR) is 46.7 cm³/mol. The van der Waals surface area contributed by atoms with Gasteiger partial charge in [-0.15, -0.1) is 0 Å². The van der Waals surface area contributed by atoms with E-state index in [1.54, 1.807) is 0 Å². The molecule has 10 heavy (non-hydrogen) atoms. The molecule has 1 rings (SSSR count). The molecule has 0 unspecified atom stereocenters. The van der Waals surface area contributed by atoms with E-state index < -0.39 is 0 Å². The predicted octanol–water partition coefficient (Wildman–Crippen LogP) is 1.69. The van der Waals surface area contributed by atoms with Crippen LogP contribution in [0, 0.1) is 0 Å². The molecule has 57 valence electrons. The second kappa shape index (κ2) is 4.78. The number of hydrogen-bond donors (Lipinski definition) is 1. The SMILES string of the molecule is C[B]C1CCCNCCC1. The molecule has 0 amide bonds. The Balaban J connectivity index is 2.16. The molecule has 2 heteroatoms. The zero-order valence-electron chi connectivity index (χ0n) is 6.90. The summed E-state index contributed by atoms with van der Waals surface area (Å²) < 4.78 is 0. The molecule has 1 radical (unpaired) electrons. The summed E-state index contributed by atoms with van der Waals surface area (Å²) in [6.45, 7) is 4.65. The molecule has 0 aromatic rings. The molecule has 0 aromatic heterocycles. The monoisotopic (exact) mass is 138 g/mol. The average molecular weight is 138 g/mol. The first-order valence-electron chi connectivity index (χ1n) is 4.43. The van der Waals surface area contributed by atoms with Crippen molar-refractivity contribution >= 4 is 7.28 Å². The maximum Gasteiger partial charge on any atom is 0.110 e. The maximum atomic E-state index is 3.42. The van der Waals surface area contributed by atoms with Gasteiger partial charge in [0, 0.05) is 0 Å². The fourth-order valence-corrected chi connectivity index (χ4v) is 1.58. The summed E-state index contributed by atoms with van der Waals surface area (Å²) >= 11 is 0. The van der Waals surface area contributed by atoms with E-state index in [-0.39, 0.29) is 0 Å². The molecule has 1 N–H and O–H groups in total. The lowest BCUT2D eigenvalue weighted by Crippen LogP contribution is -2.20. The van der Waals surface area contributed by atoms with E-state index in [9.17, 15) is 0 Å². The van der Waals surface area contributed by atoms with Gasteiger partial charge in [0.15, 0.2) is 0 Å². The van der Waals surface area contributed by atoms with Crippen molar-refractivity contribution in [3.8, 4) is 0 Å². The molecule has 0 saturated carbocycles. The van der Waals surface area contributed by atoms with E-state index in [2.05, 4.69) is 19.4 Å². The lowest BCUT2D eigenvalue weighted by molar-refractivity contribution is 0.514. The van der Waals surface area contributed by atoms with E-state index >= 15 is 0 Å². The van der Waals surface area contributed by atoms with Crippen LogP contribution in [-0.2, 0) is 0 Å². The Morgan fingerprint density at radius 1 is 1.20 bits per heavy atom. The Bertz CT molecular complexity index is 77.3. The van der Waals surface area contributed by atoms with Gasteiger partial charge in [0.05, 0.1) is 0 Å². The fraction of sp³-hybridized carbons (Fsp3) is 1.00. The van der Waals surface area contributed by atoms with Gasteiger partial charge in [-0.1, -0.05) is 25.5 Å². The van der Waals surface area contributed by atoms with Gasteiger partial charge in [0.25, 0.3) is 0 Å². The Morgan fingerprint density at radius 3 is 2.30 bits per heavy atom. The molecule has 1 saturated heterocycles. The number of rotatable bonds is 1. The van der Waals surface area contributed by atoms with Crippen LogP contribution in [0.2, 0.25) is 12.6 Å². The van der Waals surface area contributed by atoms with Crippen LogP contribution in [-0.4, -0.2) is 20.4 Å². The lowest BCUT2D eigenvalue weighted by Gasteiger charge is -2.17. The van der Waals surface area contributed by atoms with Gasteiger partial charge < -0.3 is 5.32 Å². The zero-order valence-corrected chi connectivity index (χ0v) is 6.90. The van der Waals surface area contributed by atoms with Crippen LogP contribution in [0.25, 0.3) is 0 Å². The summed E-state index contributed by atoms with van der Waals surface area (Å²) in [7, 11) is 2.37. The summed E-state index contributed by atoms with van der Waals surface area (Å²) in [5.74, 6) is 0.905. The van der Waals surface area contributed by atoms with Crippen molar-refractivity contribution in [2.75, 3.05) is 13.1 Å². The van der Waals surface area contributed by atoms with Crippen molar-refractivity contribution in [3.63, 3.8) is 0 Å². The Labute approximate surface area is 64.8 Å². The van der Waals surface area contributed by atoms with Gasteiger partial charge >= 0.3 is 0 Å². The van der Waals surface area contributed by atoms with Gasteiger partial charge in [0.1, 0.15) is 7.28 Å². The standard InChI is InChI=1S/C8H17BN/c1-9-8-4-2-6-10-7-3-5-8/h8,10H,2-7H2,1H3. The van der Waals surface area contributed by atoms with Crippen molar-refractivity contribution in [2.24, 2.45) is 0 Å². The lowest BCUT2D eigenvalue weighted by atomic mass is 9.63. The Kier molecular flexibility index (Phi) is 3.88. The minimum atomic E-state index is 0.905. The first kappa shape index (κ1) is 8.12. The van der Waals surface area contributed by atoms with E-state index in [1.807, 2.05) is 0 Å². The maximum absolute atomic E-state index is 3.42. The Hall–Kier alpha value is 0.0249. The highest BCUT2D eigenvalue weighted by atomic mass is 14.8. The second-order valence-corrected chi connectivity index (χ2v) is 3.13. The van der Waals surface area contributed by atoms with Crippen LogP contribution in [0.15, 0.2) is 0 Å². The molecule has 1 aliphatic heterocycles. The quantitative estimate of drug-likeness (QED) is 0.543. The van der Waals surface area contributed by atoms with E-state index in [0.29, 0.717) is 0 Å². The molecular formula is C8H17BN. The van der Waals surface area contributed by atoms with Gasteiger partial charge in [-0.3, -0.25) is 0 Å². The molecule has 0 atom stereocenters. The van der Waals surface area contributed by atoms with Crippen molar-refractivity contribution in [1.29, 1.82) is 0 Å². The summed E-state index contributed by atoms with van der Waals surface area (Å²) in [6, 6.07) is 0. The highest BCUT2D eigenvalue weighted by molar-refractivity contribution is 6.35. The normalized spacial score (nSPS) is 23.3. The smallest absolute Gasteiger partial charge is 0.110 e. The molecule has 1 nitrogen and oxygen atoms in total. The molecular weight excluding hydrogens is 121 g/mol. The third-order valence-corrected chi connectivity index (χ3v) is 2.33.